The van der Waals surface area contributed by atoms with Crippen LogP contribution in [0.25, 0.3) is 0 Å². The van der Waals surface area contributed by atoms with Crippen LogP contribution in [-0.4, -0.2) is 12.6 Å². The number of carbonyl (C=O) groups excluding carboxylic acids is 1. The highest BCUT2D eigenvalue weighted by Gasteiger charge is 2.14. The number of thiol groups is 1. The monoisotopic (exact) mass is 272 g/mol. The molecule has 0 radical (unpaired) electrons. The Morgan fingerprint density at radius 1 is 1.41 bits per heavy atom. The molecule has 0 saturated carbocycles. The van der Waals surface area contributed by atoms with Crippen LogP contribution in [0.2, 0.25) is 5.02 Å². The third kappa shape index (κ3) is 4.25. The third-order valence-corrected chi connectivity index (χ3v) is 3.38. The van der Waals surface area contributed by atoms with E-state index in [4.69, 9.17) is 16.3 Å². The quantitative estimate of drug-likeness (QED) is 0.642. The molecule has 0 aliphatic rings. The fourth-order valence-electron chi connectivity index (χ4n) is 1.47. The number of rotatable bonds is 5. The summed E-state index contributed by atoms with van der Waals surface area (Å²) >= 11 is 10.1. The molecule has 0 amide bonds. The van der Waals surface area contributed by atoms with E-state index in [-0.39, 0.29) is 5.97 Å². The fraction of sp³-hybridized carbons (Fsp3) is 0.462. The second kappa shape index (κ2) is 6.92. The molecule has 0 unspecified atom stereocenters. The molecular formula is C13H17ClO2S. The molecule has 2 nitrogen and oxygen atoms in total. The molecule has 0 aromatic heterocycles. The zero-order chi connectivity index (χ0) is 12.8. The number of hydrogen-bond acceptors (Lipinski definition) is 3. The number of ether oxygens (including phenoxy) is 1. The molecule has 0 saturated heterocycles. The smallest absolute Gasteiger partial charge is 0.339 e. The summed E-state index contributed by atoms with van der Waals surface area (Å²) in [6.45, 7) is 4.62. The van der Waals surface area contributed by atoms with Gasteiger partial charge in [0, 0.05) is 4.90 Å². The SMILES string of the molecule is CCC(CC)COC(=O)c1cc(S)ccc1Cl. The van der Waals surface area contributed by atoms with Gasteiger partial charge in [-0.1, -0.05) is 38.3 Å². The van der Waals surface area contributed by atoms with Gasteiger partial charge in [0.2, 0.25) is 0 Å². The van der Waals surface area contributed by atoms with E-state index in [1.165, 1.54) is 0 Å². The average Bonchev–Trinajstić information content (AvgIpc) is 2.33. The number of carbonyl (C=O) groups is 1. The van der Waals surface area contributed by atoms with Crippen LogP contribution in [-0.2, 0) is 4.74 Å². The molecule has 0 bridgehead atoms. The lowest BCUT2D eigenvalue weighted by Crippen LogP contribution is -2.13. The average molecular weight is 273 g/mol. The lowest BCUT2D eigenvalue weighted by molar-refractivity contribution is 0.0433. The first-order valence-corrected chi connectivity index (χ1v) is 6.56. The number of halogens is 1. The Morgan fingerprint density at radius 2 is 2.06 bits per heavy atom. The number of esters is 1. The van der Waals surface area contributed by atoms with Gasteiger partial charge in [-0.2, -0.15) is 0 Å². The molecule has 0 atom stereocenters. The highest BCUT2D eigenvalue weighted by molar-refractivity contribution is 7.80. The summed E-state index contributed by atoms with van der Waals surface area (Å²) in [5.74, 6) is 0.0368. The van der Waals surface area contributed by atoms with Crippen LogP contribution in [0, 0.1) is 5.92 Å². The lowest BCUT2D eigenvalue weighted by Gasteiger charge is -2.13. The molecule has 0 spiro atoms. The van der Waals surface area contributed by atoms with E-state index < -0.39 is 0 Å². The molecule has 17 heavy (non-hydrogen) atoms. The summed E-state index contributed by atoms with van der Waals surface area (Å²) in [5.41, 5.74) is 0.380. The molecule has 0 N–H and O–H groups in total. The van der Waals surface area contributed by atoms with Gasteiger partial charge in [0.15, 0.2) is 0 Å². The predicted octanol–water partition coefficient (Wildman–Crippen LogP) is 4.22. The van der Waals surface area contributed by atoms with Crippen molar-refractivity contribution in [2.45, 2.75) is 31.6 Å². The summed E-state index contributed by atoms with van der Waals surface area (Å²) in [4.78, 5) is 12.5. The first kappa shape index (κ1) is 14.4. The molecule has 0 fully saturated rings. The maximum Gasteiger partial charge on any atom is 0.339 e. The molecule has 0 heterocycles. The Labute approximate surface area is 113 Å². The fourth-order valence-corrected chi connectivity index (χ4v) is 1.86. The molecule has 94 valence electrons. The van der Waals surface area contributed by atoms with Gasteiger partial charge in [-0.3, -0.25) is 0 Å². The molecule has 1 aromatic rings. The van der Waals surface area contributed by atoms with E-state index >= 15 is 0 Å². The zero-order valence-electron chi connectivity index (χ0n) is 10.1. The van der Waals surface area contributed by atoms with Crippen LogP contribution in [0.4, 0.5) is 0 Å². The van der Waals surface area contributed by atoms with Gasteiger partial charge in [0.05, 0.1) is 17.2 Å². The van der Waals surface area contributed by atoms with Crippen molar-refractivity contribution < 1.29 is 9.53 Å². The maximum absolute atomic E-state index is 11.8. The Morgan fingerprint density at radius 3 is 2.65 bits per heavy atom. The Bertz CT molecular complexity index is 389. The maximum atomic E-state index is 11.8. The minimum absolute atomic E-state index is 0.377. The normalized spacial score (nSPS) is 10.6. The molecule has 0 aliphatic carbocycles. The first-order valence-electron chi connectivity index (χ1n) is 5.74. The third-order valence-electron chi connectivity index (χ3n) is 2.77. The molecular weight excluding hydrogens is 256 g/mol. The van der Waals surface area contributed by atoms with E-state index in [1.54, 1.807) is 18.2 Å². The number of hydrogen-bond donors (Lipinski definition) is 1. The van der Waals surface area contributed by atoms with E-state index in [0.717, 1.165) is 12.8 Å². The standard InChI is InChI=1S/C13H17ClO2S/c1-3-9(4-2)8-16-13(15)11-7-10(17)5-6-12(11)14/h5-7,9,17H,3-4,8H2,1-2H3. The van der Waals surface area contributed by atoms with Crippen LogP contribution in [0.3, 0.4) is 0 Å². The van der Waals surface area contributed by atoms with Gasteiger partial charge in [0.1, 0.15) is 0 Å². The van der Waals surface area contributed by atoms with Crippen molar-refractivity contribution in [3.63, 3.8) is 0 Å². The zero-order valence-corrected chi connectivity index (χ0v) is 11.7. The molecule has 4 heteroatoms. The minimum Gasteiger partial charge on any atom is -0.462 e. The van der Waals surface area contributed by atoms with Crippen molar-refractivity contribution in [3.05, 3.63) is 28.8 Å². The van der Waals surface area contributed by atoms with E-state index in [1.807, 2.05) is 0 Å². The van der Waals surface area contributed by atoms with Gasteiger partial charge in [0.25, 0.3) is 0 Å². The van der Waals surface area contributed by atoms with Crippen LogP contribution in [0.15, 0.2) is 23.1 Å². The molecule has 0 aliphatic heterocycles. The highest BCUT2D eigenvalue weighted by Crippen LogP contribution is 2.21. The molecule has 1 aromatic carbocycles. The summed E-state index contributed by atoms with van der Waals surface area (Å²) in [6.07, 6.45) is 2.01. The van der Waals surface area contributed by atoms with Crippen molar-refractivity contribution in [1.82, 2.24) is 0 Å². The lowest BCUT2D eigenvalue weighted by atomic mass is 10.1. The van der Waals surface area contributed by atoms with Crippen molar-refractivity contribution in [3.8, 4) is 0 Å². The second-order valence-electron chi connectivity index (χ2n) is 3.95. The van der Waals surface area contributed by atoms with Crippen LogP contribution >= 0.6 is 24.2 Å². The first-order chi connectivity index (χ1) is 8.08. The van der Waals surface area contributed by atoms with Gasteiger partial charge < -0.3 is 4.74 Å². The van der Waals surface area contributed by atoms with Gasteiger partial charge >= 0.3 is 5.97 Å². The summed E-state index contributed by atoms with van der Waals surface area (Å²) in [7, 11) is 0. The summed E-state index contributed by atoms with van der Waals surface area (Å²) in [6, 6.07) is 5.02. The van der Waals surface area contributed by atoms with Gasteiger partial charge in [-0.05, 0) is 24.1 Å². The topological polar surface area (TPSA) is 26.3 Å². The highest BCUT2D eigenvalue weighted by atomic mass is 35.5. The summed E-state index contributed by atoms with van der Waals surface area (Å²) < 4.78 is 5.25. The van der Waals surface area contributed by atoms with E-state index in [9.17, 15) is 4.79 Å². The number of benzene rings is 1. The Hall–Kier alpha value is -0.670. The van der Waals surface area contributed by atoms with Crippen LogP contribution in [0.1, 0.15) is 37.0 Å². The largest absolute Gasteiger partial charge is 0.462 e. The predicted molar refractivity (Wildman–Crippen MR) is 73.1 cm³/mol. The Balaban J connectivity index is 2.66. The van der Waals surface area contributed by atoms with Crippen LogP contribution < -0.4 is 0 Å². The van der Waals surface area contributed by atoms with Crippen molar-refractivity contribution >= 4 is 30.2 Å². The van der Waals surface area contributed by atoms with Gasteiger partial charge in [-0.25, -0.2) is 4.79 Å². The van der Waals surface area contributed by atoms with E-state index in [2.05, 4.69) is 26.5 Å². The minimum atomic E-state index is -0.377. The second-order valence-corrected chi connectivity index (χ2v) is 4.87. The Kier molecular flexibility index (Phi) is 5.86. The summed E-state index contributed by atoms with van der Waals surface area (Å²) in [5, 5.41) is 0.400. The van der Waals surface area contributed by atoms with Crippen molar-refractivity contribution in [2.75, 3.05) is 6.61 Å². The van der Waals surface area contributed by atoms with Crippen molar-refractivity contribution in [1.29, 1.82) is 0 Å². The van der Waals surface area contributed by atoms with Crippen molar-refractivity contribution in [2.24, 2.45) is 5.92 Å². The van der Waals surface area contributed by atoms with Crippen LogP contribution in [0.5, 0.6) is 0 Å². The van der Waals surface area contributed by atoms with E-state index in [0.29, 0.717) is 28.0 Å². The van der Waals surface area contributed by atoms with Gasteiger partial charge in [-0.15, -0.1) is 12.6 Å². The molecule has 1 rings (SSSR count).